The molecule has 6 heteroatoms. The normalized spacial score (nSPS) is 14.8. The van der Waals surface area contributed by atoms with Crippen molar-refractivity contribution in [2.45, 2.75) is 32.7 Å². The van der Waals surface area contributed by atoms with Crippen molar-refractivity contribution in [1.82, 2.24) is 20.2 Å². The molecule has 1 amide bonds. The lowest BCUT2D eigenvalue weighted by Gasteiger charge is -2.15. The molecule has 0 bridgehead atoms. The fourth-order valence-electron chi connectivity index (χ4n) is 2.26. The van der Waals surface area contributed by atoms with E-state index in [-0.39, 0.29) is 0 Å². The van der Waals surface area contributed by atoms with E-state index in [4.69, 9.17) is 0 Å². The predicted octanol–water partition coefficient (Wildman–Crippen LogP) is 1.01. The Balaban J connectivity index is 1.59. The van der Waals surface area contributed by atoms with E-state index < -0.39 is 0 Å². The minimum atomic E-state index is 0.303. The van der Waals surface area contributed by atoms with Crippen LogP contribution in [-0.4, -0.2) is 47.0 Å². The molecule has 0 atom stereocenters. The number of carbonyl (C=O) groups is 1. The zero-order valence-corrected chi connectivity index (χ0v) is 12.1. The molecular weight excluding hydrogens is 254 g/mol. The summed E-state index contributed by atoms with van der Waals surface area (Å²) in [6, 6.07) is 0. The SMILES string of the molecule is CCNc1ncc(CNCCCN2CCCC2=O)cn1. The average Bonchev–Trinajstić information content (AvgIpc) is 2.86. The maximum absolute atomic E-state index is 11.4. The van der Waals surface area contributed by atoms with Gasteiger partial charge in [0.25, 0.3) is 0 Å². The highest BCUT2D eigenvalue weighted by molar-refractivity contribution is 5.77. The fourth-order valence-corrected chi connectivity index (χ4v) is 2.26. The average molecular weight is 277 g/mol. The molecule has 1 aromatic rings. The molecule has 1 saturated heterocycles. The third-order valence-electron chi connectivity index (χ3n) is 3.32. The van der Waals surface area contributed by atoms with Gasteiger partial charge in [-0.3, -0.25) is 4.79 Å². The number of hydrogen-bond donors (Lipinski definition) is 2. The van der Waals surface area contributed by atoms with Gasteiger partial charge in [-0.05, 0) is 26.3 Å². The molecule has 1 aromatic heterocycles. The Morgan fingerprint density at radius 1 is 1.35 bits per heavy atom. The molecule has 2 N–H and O–H groups in total. The first-order valence-corrected chi connectivity index (χ1v) is 7.33. The Kier molecular flexibility index (Phi) is 5.73. The molecule has 1 aliphatic heterocycles. The second kappa shape index (κ2) is 7.79. The monoisotopic (exact) mass is 277 g/mol. The standard InChI is InChI=1S/C14H23N5O/c1-2-16-14-17-10-12(11-18-14)9-15-6-4-8-19-7-3-5-13(19)20/h10-11,15H,2-9H2,1H3,(H,16,17,18). The van der Waals surface area contributed by atoms with Crippen molar-refractivity contribution in [2.24, 2.45) is 0 Å². The third-order valence-corrected chi connectivity index (χ3v) is 3.32. The summed E-state index contributed by atoms with van der Waals surface area (Å²) in [4.78, 5) is 21.8. The molecule has 0 radical (unpaired) electrons. The van der Waals surface area contributed by atoms with E-state index in [2.05, 4.69) is 20.6 Å². The second-order valence-corrected chi connectivity index (χ2v) is 4.96. The van der Waals surface area contributed by atoms with Gasteiger partial charge in [0.2, 0.25) is 11.9 Å². The molecule has 110 valence electrons. The maximum atomic E-state index is 11.4. The van der Waals surface area contributed by atoms with Gasteiger partial charge in [-0.2, -0.15) is 0 Å². The van der Waals surface area contributed by atoms with Crippen LogP contribution in [0.25, 0.3) is 0 Å². The maximum Gasteiger partial charge on any atom is 0.222 e. The summed E-state index contributed by atoms with van der Waals surface area (Å²) in [6.45, 7) is 6.30. The van der Waals surface area contributed by atoms with Crippen LogP contribution in [0.5, 0.6) is 0 Å². The molecule has 20 heavy (non-hydrogen) atoms. The first-order valence-electron chi connectivity index (χ1n) is 7.33. The molecule has 0 spiro atoms. The summed E-state index contributed by atoms with van der Waals surface area (Å²) in [5, 5.41) is 6.42. The zero-order chi connectivity index (χ0) is 14.2. The lowest BCUT2D eigenvalue weighted by Crippen LogP contribution is -2.28. The van der Waals surface area contributed by atoms with Gasteiger partial charge >= 0.3 is 0 Å². The van der Waals surface area contributed by atoms with Crippen molar-refractivity contribution < 1.29 is 4.79 Å². The van der Waals surface area contributed by atoms with Crippen molar-refractivity contribution in [3.63, 3.8) is 0 Å². The van der Waals surface area contributed by atoms with Crippen LogP contribution < -0.4 is 10.6 Å². The van der Waals surface area contributed by atoms with Gasteiger partial charge in [0.05, 0.1) is 0 Å². The van der Waals surface area contributed by atoms with E-state index in [1.54, 1.807) is 0 Å². The van der Waals surface area contributed by atoms with Crippen LogP contribution in [0, 0.1) is 0 Å². The summed E-state index contributed by atoms with van der Waals surface area (Å²) in [5.41, 5.74) is 1.07. The first-order chi connectivity index (χ1) is 9.79. The number of carbonyl (C=O) groups excluding carboxylic acids is 1. The predicted molar refractivity (Wildman–Crippen MR) is 78.3 cm³/mol. The molecule has 0 aliphatic carbocycles. The Labute approximate surface area is 120 Å². The van der Waals surface area contributed by atoms with Crippen LogP contribution in [0.1, 0.15) is 31.7 Å². The van der Waals surface area contributed by atoms with E-state index in [1.807, 2.05) is 24.2 Å². The van der Waals surface area contributed by atoms with Gasteiger partial charge in [0.15, 0.2) is 0 Å². The Morgan fingerprint density at radius 2 is 2.15 bits per heavy atom. The Hall–Kier alpha value is -1.69. The number of nitrogens with one attached hydrogen (secondary N) is 2. The summed E-state index contributed by atoms with van der Waals surface area (Å²) < 4.78 is 0. The van der Waals surface area contributed by atoms with Gasteiger partial charge in [0.1, 0.15) is 0 Å². The van der Waals surface area contributed by atoms with Crippen molar-refractivity contribution in [3.05, 3.63) is 18.0 Å². The highest BCUT2D eigenvalue weighted by Crippen LogP contribution is 2.09. The summed E-state index contributed by atoms with van der Waals surface area (Å²) in [6.07, 6.45) is 6.40. The van der Waals surface area contributed by atoms with E-state index >= 15 is 0 Å². The van der Waals surface area contributed by atoms with Crippen molar-refractivity contribution >= 4 is 11.9 Å². The first kappa shape index (κ1) is 14.7. The number of anilines is 1. The summed E-state index contributed by atoms with van der Waals surface area (Å²) >= 11 is 0. The van der Waals surface area contributed by atoms with Crippen molar-refractivity contribution in [3.8, 4) is 0 Å². The number of likely N-dealkylation sites (tertiary alicyclic amines) is 1. The number of hydrogen-bond acceptors (Lipinski definition) is 5. The highest BCUT2D eigenvalue weighted by Gasteiger charge is 2.18. The zero-order valence-electron chi connectivity index (χ0n) is 12.1. The van der Waals surface area contributed by atoms with Crippen LogP contribution in [0.4, 0.5) is 5.95 Å². The smallest absolute Gasteiger partial charge is 0.222 e. The molecule has 1 aliphatic rings. The minimum absolute atomic E-state index is 0.303. The molecule has 1 fully saturated rings. The lowest BCUT2D eigenvalue weighted by molar-refractivity contribution is -0.127. The number of rotatable bonds is 8. The van der Waals surface area contributed by atoms with Gasteiger partial charge in [-0.25, -0.2) is 9.97 Å². The van der Waals surface area contributed by atoms with Crippen LogP contribution in [0.2, 0.25) is 0 Å². The van der Waals surface area contributed by atoms with Crippen LogP contribution in [0.15, 0.2) is 12.4 Å². The van der Waals surface area contributed by atoms with Gasteiger partial charge in [0, 0.05) is 50.6 Å². The van der Waals surface area contributed by atoms with Crippen molar-refractivity contribution in [1.29, 1.82) is 0 Å². The number of nitrogens with zero attached hydrogens (tertiary/aromatic N) is 3. The molecule has 0 saturated carbocycles. The Morgan fingerprint density at radius 3 is 2.80 bits per heavy atom. The topological polar surface area (TPSA) is 70.2 Å². The van der Waals surface area contributed by atoms with Gasteiger partial charge < -0.3 is 15.5 Å². The summed E-state index contributed by atoms with van der Waals surface area (Å²) in [7, 11) is 0. The van der Waals surface area contributed by atoms with E-state index in [1.165, 1.54) is 0 Å². The molecule has 0 aromatic carbocycles. The fraction of sp³-hybridized carbons (Fsp3) is 0.643. The quantitative estimate of drug-likeness (QED) is 0.694. The largest absolute Gasteiger partial charge is 0.355 e. The third kappa shape index (κ3) is 4.45. The van der Waals surface area contributed by atoms with Gasteiger partial charge in [-0.1, -0.05) is 0 Å². The van der Waals surface area contributed by atoms with Crippen LogP contribution in [0.3, 0.4) is 0 Å². The van der Waals surface area contributed by atoms with Crippen LogP contribution >= 0.6 is 0 Å². The molecular formula is C14H23N5O. The highest BCUT2D eigenvalue weighted by atomic mass is 16.2. The molecule has 6 nitrogen and oxygen atoms in total. The Bertz CT molecular complexity index is 420. The van der Waals surface area contributed by atoms with E-state index in [0.29, 0.717) is 11.9 Å². The van der Waals surface area contributed by atoms with Crippen LogP contribution in [-0.2, 0) is 11.3 Å². The molecule has 2 heterocycles. The minimum Gasteiger partial charge on any atom is -0.355 e. The summed E-state index contributed by atoms with van der Waals surface area (Å²) in [5.74, 6) is 0.973. The number of aromatic nitrogens is 2. The van der Waals surface area contributed by atoms with E-state index in [9.17, 15) is 4.79 Å². The lowest BCUT2D eigenvalue weighted by atomic mass is 10.3. The second-order valence-electron chi connectivity index (χ2n) is 4.96. The van der Waals surface area contributed by atoms with Gasteiger partial charge in [-0.15, -0.1) is 0 Å². The number of amides is 1. The molecule has 0 unspecified atom stereocenters. The van der Waals surface area contributed by atoms with Crippen molar-refractivity contribution in [2.75, 3.05) is 31.5 Å². The molecule has 2 rings (SSSR count). The van der Waals surface area contributed by atoms with E-state index in [0.717, 1.165) is 57.5 Å².